The molecular weight excluding hydrogens is 178 g/mol. The molecule has 1 saturated carbocycles. The lowest BCUT2D eigenvalue weighted by atomic mass is 9.91. The molecule has 0 spiro atoms. The van der Waals surface area contributed by atoms with Gasteiger partial charge in [-0.2, -0.15) is 0 Å². The van der Waals surface area contributed by atoms with Crippen molar-refractivity contribution < 1.29 is 9.90 Å². The van der Waals surface area contributed by atoms with Gasteiger partial charge in [-0.15, -0.1) is 0 Å². The van der Waals surface area contributed by atoms with Gasteiger partial charge in [-0.05, 0) is 25.7 Å². The number of hydrogen-bond acceptors (Lipinski definition) is 2. The van der Waals surface area contributed by atoms with Gasteiger partial charge < -0.3 is 5.11 Å². The van der Waals surface area contributed by atoms with Crippen LogP contribution in [0.1, 0.15) is 52.4 Å². The predicted octanol–water partition coefficient (Wildman–Crippen LogP) is 2.16. The van der Waals surface area contributed by atoms with Crippen LogP contribution < -0.4 is 5.32 Å². The van der Waals surface area contributed by atoms with Gasteiger partial charge in [-0.3, -0.25) is 10.1 Å². The summed E-state index contributed by atoms with van der Waals surface area (Å²) in [7, 11) is 0. The lowest BCUT2D eigenvalue weighted by Gasteiger charge is -2.31. The van der Waals surface area contributed by atoms with Crippen molar-refractivity contribution in [3.05, 3.63) is 0 Å². The molecule has 1 aliphatic carbocycles. The third-order valence-electron chi connectivity index (χ3n) is 3.45. The number of nitrogens with one attached hydrogen (secondary N) is 1. The van der Waals surface area contributed by atoms with Crippen LogP contribution in [-0.4, -0.2) is 22.7 Å². The third kappa shape index (κ3) is 2.27. The number of carbonyl (C=O) groups is 1. The van der Waals surface area contributed by atoms with Crippen LogP contribution in [0, 0.1) is 0 Å². The normalized spacial score (nSPS) is 18.7. The molecule has 3 heteroatoms. The van der Waals surface area contributed by atoms with Crippen molar-refractivity contribution in [3.8, 4) is 0 Å². The molecule has 14 heavy (non-hydrogen) atoms. The van der Waals surface area contributed by atoms with Crippen molar-refractivity contribution in [2.45, 2.75) is 64.0 Å². The molecule has 0 radical (unpaired) electrons. The molecular formula is C11H21NO2. The van der Waals surface area contributed by atoms with Crippen molar-refractivity contribution in [3.63, 3.8) is 0 Å². The molecule has 0 heterocycles. The molecule has 0 aromatic heterocycles. The molecule has 1 rings (SSSR count). The largest absolute Gasteiger partial charge is 0.480 e. The first-order chi connectivity index (χ1) is 6.64. The molecule has 0 aromatic carbocycles. The Balaban J connectivity index is 2.61. The molecule has 0 unspecified atom stereocenters. The first-order valence-corrected chi connectivity index (χ1v) is 5.65. The lowest BCUT2D eigenvalue weighted by molar-refractivity contribution is -0.145. The summed E-state index contributed by atoms with van der Waals surface area (Å²) in [5.74, 6) is -0.700. The quantitative estimate of drug-likeness (QED) is 0.713. The Hall–Kier alpha value is -0.570. The van der Waals surface area contributed by atoms with E-state index in [0.29, 0.717) is 18.9 Å². The molecule has 0 bridgehead atoms. The molecule has 1 fully saturated rings. The van der Waals surface area contributed by atoms with Gasteiger partial charge in [-0.25, -0.2) is 0 Å². The van der Waals surface area contributed by atoms with Gasteiger partial charge >= 0.3 is 5.97 Å². The average molecular weight is 199 g/mol. The summed E-state index contributed by atoms with van der Waals surface area (Å²) in [5, 5.41) is 12.6. The van der Waals surface area contributed by atoms with Crippen molar-refractivity contribution in [1.29, 1.82) is 0 Å². The Kier molecular flexibility index (Phi) is 3.93. The minimum atomic E-state index is -0.700. The van der Waals surface area contributed by atoms with Crippen LogP contribution in [0.15, 0.2) is 0 Å². The summed E-state index contributed by atoms with van der Waals surface area (Å²) >= 11 is 0. The van der Waals surface area contributed by atoms with E-state index in [1.165, 1.54) is 12.8 Å². The van der Waals surface area contributed by atoms with Gasteiger partial charge in [0.05, 0.1) is 0 Å². The van der Waals surface area contributed by atoms with Crippen LogP contribution in [0.2, 0.25) is 0 Å². The zero-order valence-electron chi connectivity index (χ0n) is 9.18. The number of hydrogen-bond donors (Lipinski definition) is 2. The molecule has 0 amide bonds. The molecule has 2 N–H and O–H groups in total. The van der Waals surface area contributed by atoms with Crippen LogP contribution in [0.3, 0.4) is 0 Å². The van der Waals surface area contributed by atoms with Crippen molar-refractivity contribution >= 4 is 5.97 Å². The highest BCUT2D eigenvalue weighted by Gasteiger charge is 2.37. The molecule has 1 aliphatic rings. The highest BCUT2D eigenvalue weighted by molar-refractivity contribution is 5.78. The van der Waals surface area contributed by atoms with E-state index < -0.39 is 11.5 Å². The summed E-state index contributed by atoms with van der Waals surface area (Å²) in [6.45, 7) is 3.89. The fourth-order valence-electron chi connectivity index (χ4n) is 2.28. The second kappa shape index (κ2) is 4.78. The topological polar surface area (TPSA) is 49.3 Å². The Morgan fingerprint density at radius 3 is 2.21 bits per heavy atom. The summed E-state index contributed by atoms with van der Waals surface area (Å²) in [6.07, 6.45) is 6.07. The zero-order valence-corrected chi connectivity index (χ0v) is 9.18. The number of aliphatic carboxylic acids is 1. The summed E-state index contributed by atoms with van der Waals surface area (Å²) in [4.78, 5) is 11.2. The van der Waals surface area contributed by atoms with Gasteiger partial charge in [0, 0.05) is 6.04 Å². The van der Waals surface area contributed by atoms with Crippen LogP contribution in [0.4, 0.5) is 0 Å². The second-order valence-electron chi connectivity index (χ2n) is 4.22. The van der Waals surface area contributed by atoms with Crippen LogP contribution in [0.25, 0.3) is 0 Å². The average Bonchev–Trinajstić information content (AvgIpc) is 2.66. The maximum absolute atomic E-state index is 11.2. The summed E-state index contributed by atoms with van der Waals surface area (Å²) < 4.78 is 0. The van der Waals surface area contributed by atoms with E-state index in [2.05, 4.69) is 5.32 Å². The minimum absolute atomic E-state index is 0.422. The van der Waals surface area contributed by atoms with Crippen molar-refractivity contribution in [2.75, 3.05) is 0 Å². The van der Waals surface area contributed by atoms with Gasteiger partial charge in [0.1, 0.15) is 5.54 Å². The minimum Gasteiger partial charge on any atom is -0.480 e. The monoisotopic (exact) mass is 199 g/mol. The molecule has 0 atom stereocenters. The van der Waals surface area contributed by atoms with Gasteiger partial charge in [0.2, 0.25) is 0 Å². The Morgan fingerprint density at radius 1 is 1.36 bits per heavy atom. The predicted molar refractivity (Wildman–Crippen MR) is 56.3 cm³/mol. The molecule has 3 nitrogen and oxygen atoms in total. The molecule has 82 valence electrons. The highest BCUT2D eigenvalue weighted by atomic mass is 16.4. The fourth-order valence-corrected chi connectivity index (χ4v) is 2.28. The third-order valence-corrected chi connectivity index (χ3v) is 3.45. The maximum Gasteiger partial charge on any atom is 0.323 e. The highest BCUT2D eigenvalue weighted by Crippen LogP contribution is 2.24. The maximum atomic E-state index is 11.2. The van der Waals surface area contributed by atoms with Gasteiger partial charge in [0.25, 0.3) is 0 Å². The first kappa shape index (κ1) is 11.5. The van der Waals surface area contributed by atoms with Gasteiger partial charge in [0.15, 0.2) is 0 Å². The zero-order chi connectivity index (χ0) is 10.6. The van der Waals surface area contributed by atoms with E-state index in [0.717, 1.165) is 12.8 Å². The van der Waals surface area contributed by atoms with Crippen LogP contribution in [-0.2, 0) is 4.79 Å². The van der Waals surface area contributed by atoms with Crippen molar-refractivity contribution in [1.82, 2.24) is 5.32 Å². The van der Waals surface area contributed by atoms with E-state index in [1.807, 2.05) is 13.8 Å². The lowest BCUT2D eigenvalue weighted by Crippen LogP contribution is -2.54. The number of rotatable bonds is 5. The van der Waals surface area contributed by atoms with E-state index >= 15 is 0 Å². The van der Waals surface area contributed by atoms with E-state index in [1.54, 1.807) is 0 Å². The summed E-state index contributed by atoms with van der Waals surface area (Å²) in [5.41, 5.74) is -0.686. The molecule has 0 saturated heterocycles. The summed E-state index contributed by atoms with van der Waals surface area (Å²) in [6, 6.07) is 0.422. The second-order valence-corrected chi connectivity index (χ2v) is 4.22. The molecule has 0 aromatic rings. The first-order valence-electron chi connectivity index (χ1n) is 5.65. The standard InChI is InChI=1S/C11H21NO2/c1-3-11(4-2,10(13)14)12-9-7-5-6-8-9/h9,12H,3-8H2,1-2H3,(H,13,14). The number of carboxylic acid groups (broad SMARTS) is 1. The molecule has 0 aliphatic heterocycles. The smallest absolute Gasteiger partial charge is 0.323 e. The van der Waals surface area contributed by atoms with Gasteiger partial charge in [-0.1, -0.05) is 26.7 Å². The van der Waals surface area contributed by atoms with E-state index in [4.69, 9.17) is 0 Å². The SMILES string of the molecule is CCC(CC)(NC1CCCC1)C(=O)O. The Morgan fingerprint density at radius 2 is 1.86 bits per heavy atom. The van der Waals surface area contributed by atoms with Crippen molar-refractivity contribution in [2.24, 2.45) is 0 Å². The Labute approximate surface area is 85.9 Å². The Bertz CT molecular complexity index is 193. The van der Waals surface area contributed by atoms with Crippen LogP contribution >= 0.6 is 0 Å². The fraction of sp³-hybridized carbons (Fsp3) is 0.909. The van der Waals surface area contributed by atoms with E-state index in [9.17, 15) is 9.90 Å². The number of carboxylic acids is 1. The van der Waals surface area contributed by atoms with E-state index in [-0.39, 0.29) is 0 Å². The van der Waals surface area contributed by atoms with Crippen LogP contribution in [0.5, 0.6) is 0 Å².